The number of carbonyl (C=O) groups excluding carboxylic acids is 1. The van der Waals surface area contributed by atoms with E-state index in [-0.39, 0.29) is 18.4 Å². The molecule has 4 N–H and O–H groups in total. The average Bonchev–Trinajstić information content (AvgIpc) is 2.75. The highest BCUT2D eigenvalue weighted by molar-refractivity contribution is 6.32. The molecule has 0 saturated heterocycles. The Balaban J connectivity index is 1.34. The van der Waals surface area contributed by atoms with E-state index in [0.717, 1.165) is 22.5 Å². The number of nitrogens with one attached hydrogen (secondary N) is 3. The number of aliphatic hydroxyl groups is 1. The van der Waals surface area contributed by atoms with Crippen LogP contribution in [0.3, 0.4) is 0 Å². The Morgan fingerprint density at radius 2 is 2.03 bits per heavy atom. The third-order valence-electron chi connectivity index (χ3n) is 4.97. The van der Waals surface area contributed by atoms with Crippen LogP contribution in [-0.2, 0) is 4.79 Å². The molecule has 7 nitrogen and oxygen atoms in total. The predicted molar refractivity (Wildman–Crippen MR) is 124 cm³/mol. The Hall–Kier alpha value is -2.61. The predicted octanol–water partition coefficient (Wildman–Crippen LogP) is 2.95. The quantitative estimate of drug-likeness (QED) is 0.423. The van der Waals surface area contributed by atoms with Gasteiger partial charge in [-0.1, -0.05) is 36.7 Å². The normalized spacial score (nSPS) is 17.0. The zero-order valence-corrected chi connectivity index (χ0v) is 18.6. The molecule has 2 aromatic rings. The minimum Gasteiger partial charge on any atom is -0.489 e. The zero-order valence-electron chi connectivity index (χ0n) is 17.8. The number of amides is 1. The molecule has 0 radical (unpaired) electrons. The van der Waals surface area contributed by atoms with Crippen LogP contribution >= 0.6 is 11.6 Å². The first kappa shape index (κ1) is 23.1. The second kappa shape index (κ2) is 11.1. The van der Waals surface area contributed by atoms with E-state index in [1.165, 1.54) is 0 Å². The van der Waals surface area contributed by atoms with Crippen molar-refractivity contribution in [3.8, 4) is 5.75 Å². The lowest BCUT2D eigenvalue weighted by Crippen LogP contribution is -2.34. The van der Waals surface area contributed by atoms with Crippen LogP contribution in [0.25, 0.3) is 0 Å². The van der Waals surface area contributed by atoms with Crippen molar-refractivity contribution in [2.75, 3.05) is 31.6 Å². The maximum Gasteiger partial charge on any atom is 0.240 e. The van der Waals surface area contributed by atoms with E-state index >= 15 is 0 Å². The third-order valence-corrected chi connectivity index (χ3v) is 5.28. The van der Waals surface area contributed by atoms with Crippen molar-refractivity contribution in [2.45, 2.75) is 26.4 Å². The second-order valence-electron chi connectivity index (χ2n) is 7.74. The fraction of sp³-hybridized carbons (Fsp3) is 0.391. The molecule has 2 atom stereocenters. The summed E-state index contributed by atoms with van der Waals surface area (Å²) in [6.07, 6.45) is -0.172. The van der Waals surface area contributed by atoms with Crippen LogP contribution in [0.5, 0.6) is 5.75 Å². The molecule has 0 saturated carbocycles. The van der Waals surface area contributed by atoms with Gasteiger partial charge in [-0.15, -0.1) is 0 Å². The van der Waals surface area contributed by atoms with Gasteiger partial charge in [-0.25, -0.2) is 5.43 Å². The molecule has 1 amide bonds. The molecule has 0 aromatic heterocycles. The monoisotopic (exact) mass is 444 g/mol. The third kappa shape index (κ3) is 6.95. The molecule has 8 heteroatoms. The molecule has 2 aromatic carbocycles. The van der Waals surface area contributed by atoms with Gasteiger partial charge in [0.25, 0.3) is 0 Å². The van der Waals surface area contributed by atoms with Crippen molar-refractivity contribution < 1.29 is 14.6 Å². The molecule has 1 aliphatic heterocycles. The first-order valence-electron chi connectivity index (χ1n) is 10.4. The number of hydrogen-bond donors (Lipinski definition) is 4. The van der Waals surface area contributed by atoms with E-state index in [4.69, 9.17) is 16.3 Å². The van der Waals surface area contributed by atoms with Crippen molar-refractivity contribution in [1.29, 1.82) is 0 Å². The first-order valence-corrected chi connectivity index (χ1v) is 10.8. The van der Waals surface area contributed by atoms with Gasteiger partial charge in [-0.05, 0) is 42.3 Å². The first-order chi connectivity index (χ1) is 14.9. The number of ether oxygens (including phenoxy) is 1. The number of hydrogen-bond acceptors (Lipinski definition) is 6. The lowest BCUT2D eigenvalue weighted by atomic mass is 9.94. The minimum atomic E-state index is -0.630. The Bertz CT molecular complexity index is 918. The van der Waals surface area contributed by atoms with Gasteiger partial charge in [-0.2, -0.15) is 5.10 Å². The summed E-state index contributed by atoms with van der Waals surface area (Å²) in [6.45, 7) is 5.97. The Kier molecular flexibility index (Phi) is 8.28. The Morgan fingerprint density at radius 3 is 2.77 bits per heavy atom. The van der Waals surface area contributed by atoms with Crippen LogP contribution in [0.15, 0.2) is 47.6 Å². The maximum absolute atomic E-state index is 11.4. The molecule has 0 aliphatic carbocycles. The van der Waals surface area contributed by atoms with E-state index in [9.17, 15) is 9.90 Å². The standard InChI is InChI=1S/C23H29ClN4O3/c1-15-3-8-20(24)21(11-15)31-14-19(29)13-25-9-10-26-18-6-4-17(5-7-18)23-16(2)12-22(30)27-28-23/h3-8,11,16,19,25-26,29H,9-10,12-14H2,1-2H3,(H,27,30). The maximum atomic E-state index is 11.4. The van der Waals surface area contributed by atoms with E-state index in [1.807, 2.05) is 50.2 Å². The number of aryl methyl sites for hydroxylation is 1. The fourth-order valence-corrected chi connectivity index (χ4v) is 3.46. The molecule has 0 fully saturated rings. The van der Waals surface area contributed by atoms with E-state index < -0.39 is 6.10 Å². The van der Waals surface area contributed by atoms with Crippen molar-refractivity contribution in [2.24, 2.45) is 11.0 Å². The van der Waals surface area contributed by atoms with Gasteiger partial charge in [0.15, 0.2) is 0 Å². The highest BCUT2D eigenvalue weighted by Gasteiger charge is 2.21. The van der Waals surface area contributed by atoms with Crippen LogP contribution < -0.4 is 20.8 Å². The number of nitrogens with zero attached hydrogens (tertiary/aromatic N) is 1. The Morgan fingerprint density at radius 1 is 1.26 bits per heavy atom. The van der Waals surface area contributed by atoms with Gasteiger partial charge in [-0.3, -0.25) is 4.79 Å². The molecule has 2 unspecified atom stereocenters. The van der Waals surface area contributed by atoms with Gasteiger partial charge >= 0.3 is 0 Å². The van der Waals surface area contributed by atoms with Crippen LogP contribution in [0.1, 0.15) is 24.5 Å². The van der Waals surface area contributed by atoms with Crippen molar-refractivity contribution in [3.63, 3.8) is 0 Å². The largest absolute Gasteiger partial charge is 0.489 e. The summed E-state index contributed by atoms with van der Waals surface area (Å²) < 4.78 is 5.61. The average molecular weight is 445 g/mol. The summed E-state index contributed by atoms with van der Waals surface area (Å²) >= 11 is 6.10. The van der Waals surface area contributed by atoms with Crippen LogP contribution in [-0.4, -0.2) is 49.1 Å². The summed E-state index contributed by atoms with van der Waals surface area (Å²) in [5.41, 5.74) is 6.50. The number of aliphatic hydroxyl groups excluding tert-OH is 1. The zero-order chi connectivity index (χ0) is 22.2. The van der Waals surface area contributed by atoms with Gasteiger partial charge in [0, 0.05) is 37.7 Å². The summed E-state index contributed by atoms with van der Waals surface area (Å²) in [5, 5.41) is 21.4. The molecular weight excluding hydrogens is 416 g/mol. The molecule has 31 heavy (non-hydrogen) atoms. The number of halogens is 1. The van der Waals surface area contributed by atoms with E-state index in [0.29, 0.717) is 36.8 Å². The number of anilines is 1. The molecule has 0 spiro atoms. The summed E-state index contributed by atoms with van der Waals surface area (Å²) in [6, 6.07) is 13.5. The topological polar surface area (TPSA) is 95.0 Å². The highest BCUT2D eigenvalue weighted by Crippen LogP contribution is 2.25. The van der Waals surface area contributed by atoms with Crippen molar-refractivity contribution >= 4 is 28.9 Å². The van der Waals surface area contributed by atoms with Crippen molar-refractivity contribution in [1.82, 2.24) is 10.7 Å². The number of hydrazone groups is 1. The minimum absolute atomic E-state index is 0.0438. The number of rotatable bonds is 10. The number of benzene rings is 2. The summed E-state index contributed by atoms with van der Waals surface area (Å²) in [5.74, 6) is 0.647. The lowest BCUT2D eigenvalue weighted by molar-refractivity contribution is -0.121. The van der Waals surface area contributed by atoms with Gasteiger partial charge in [0.1, 0.15) is 18.5 Å². The highest BCUT2D eigenvalue weighted by atomic mass is 35.5. The summed E-state index contributed by atoms with van der Waals surface area (Å²) in [4.78, 5) is 11.4. The SMILES string of the molecule is Cc1ccc(Cl)c(OCC(O)CNCCNc2ccc(C3=NNC(=O)CC3C)cc2)c1. The van der Waals surface area contributed by atoms with Gasteiger partial charge in [0.2, 0.25) is 5.91 Å². The molecule has 166 valence electrons. The van der Waals surface area contributed by atoms with Crippen LogP contribution in [0, 0.1) is 12.8 Å². The molecule has 3 rings (SSSR count). The number of carbonyl (C=O) groups is 1. The Labute approximate surface area is 187 Å². The molecule has 1 aliphatic rings. The molecule has 0 bridgehead atoms. The van der Waals surface area contributed by atoms with E-state index in [2.05, 4.69) is 21.2 Å². The van der Waals surface area contributed by atoms with Crippen LogP contribution in [0.2, 0.25) is 5.02 Å². The second-order valence-corrected chi connectivity index (χ2v) is 8.15. The smallest absolute Gasteiger partial charge is 0.240 e. The molecule has 1 heterocycles. The van der Waals surface area contributed by atoms with E-state index in [1.54, 1.807) is 6.07 Å². The molecular formula is C23H29ClN4O3. The lowest BCUT2D eigenvalue weighted by Gasteiger charge is -2.19. The van der Waals surface area contributed by atoms with Crippen LogP contribution in [0.4, 0.5) is 5.69 Å². The van der Waals surface area contributed by atoms with Gasteiger partial charge in [0.05, 0.1) is 10.7 Å². The fourth-order valence-electron chi connectivity index (χ4n) is 3.29. The summed E-state index contributed by atoms with van der Waals surface area (Å²) in [7, 11) is 0. The van der Waals surface area contributed by atoms with Gasteiger partial charge < -0.3 is 20.5 Å². The van der Waals surface area contributed by atoms with Crippen molar-refractivity contribution in [3.05, 3.63) is 58.6 Å².